The van der Waals surface area contributed by atoms with Crippen molar-refractivity contribution in [2.75, 3.05) is 5.73 Å². The maximum atomic E-state index is 5.67. The lowest BCUT2D eigenvalue weighted by Crippen LogP contribution is -1.98. The fourth-order valence-corrected chi connectivity index (χ4v) is 2.44. The van der Waals surface area contributed by atoms with Gasteiger partial charge in [0.05, 0.1) is 4.47 Å². The van der Waals surface area contributed by atoms with E-state index in [0.29, 0.717) is 12.4 Å². The number of anilines is 1. The highest BCUT2D eigenvalue weighted by atomic mass is 79.9. The highest BCUT2D eigenvalue weighted by molar-refractivity contribution is 9.11. The molecule has 0 unspecified atom stereocenters. The molecule has 2 aromatic rings. The zero-order chi connectivity index (χ0) is 12.3. The van der Waals surface area contributed by atoms with Gasteiger partial charge < -0.3 is 10.5 Å². The lowest BCUT2D eigenvalue weighted by molar-refractivity contribution is 0.304. The normalized spacial score (nSPS) is 10.2. The third-order valence-corrected chi connectivity index (χ3v) is 3.25. The first-order chi connectivity index (χ1) is 8.15. The molecule has 5 heteroatoms. The molecule has 17 heavy (non-hydrogen) atoms. The number of hydrogen-bond acceptors (Lipinski definition) is 3. The smallest absolute Gasteiger partial charge is 0.134 e. The fourth-order valence-electron chi connectivity index (χ4n) is 1.27. The van der Waals surface area contributed by atoms with E-state index in [0.717, 1.165) is 20.3 Å². The Morgan fingerprint density at radius 2 is 2.00 bits per heavy atom. The second-order valence-corrected chi connectivity index (χ2v) is 5.22. The molecule has 88 valence electrons. The quantitative estimate of drug-likeness (QED) is 0.909. The van der Waals surface area contributed by atoms with Gasteiger partial charge in [0, 0.05) is 16.2 Å². The fraction of sp³-hybridized carbons (Fsp3) is 0.0833. The number of pyridine rings is 1. The first kappa shape index (κ1) is 12.4. The van der Waals surface area contributed by atoms with Crippen LogP contribution in [0.2, 0.25) is 0 Å². The van der Waals surface area contributed by atoms with Crippen LogP contribution in [0.5, 0.6) is 5.75 Å². The van der Waals surface area contributed by atoms with E-state index in [9.17, 15) is 0 Å². The third kappa shape index (κ3) is 3.44. The van der Waals surface area contributed by atoms with Crippen LogP contribution in [0.3, 0.4) is 0 Å². The Bertz CT molecular complexity index is 514. The Labute approximate surface area is 116 Å². The van der Waals surface area contributed by atoms with Crippen LogP contribution in [0.25, 0.3) is 0 Å². The molecule has 0 amide bonds. The number of nitrogens with two attached hydrogens (primary N) is 1. The number of nitrogen functional groups attached to an aromatic ring is 1. The Hall–Kier alpha value is -1.07. The Morgan fingerprint density at radius 3 is 2.65 bits per heavy atom. The van der Waals surface area contributed by atoms with Gasteiger partial charge in [0.2, 0.25) is 0 Å². The molecule has 0 bridgehead atoms. The van der Waals surface area contributed by atoms with Crippen LogP contribution in [-0.2, 0) is 6.61 Å². The van der Waals surface area contributed by atoms with E-state index in [1.165, 1.54) is 0 Å². The highest BCUT2D eigenvalue weighted by Crippen LogP contribution is 2.28. The number of hydrogen-bond donors (Lipinski definition) is 1. The molecule has 0 aliphatic rings. The van der Waals surface area contributed by atoms with Crippen molar-refractivity contribution in [3.63, 3.8) is 0 Å². The molecule has 0 saturated heterocycles. The van der Waals surface area contributed by atoms with Gasteiger partial charge in [0.15, 0.2) is 0 Å². The number of rotatable bonds is 3. The van der Waals surface area contributed by atoms with Crippen molar-refractivity contribution in [3.05, 3.63) is 51.0 Å². The van der Waals surface area contributed by atoms with Gasteiger partial charge in [-0.05, 0) is 40.2 Å². The lowest BCUT2D eigenvalue weighted by atomic mass is 10.3. The second-order valence-electron chi connectivity index (χ2n) is 3.45. The first-order valence-corrected chi connectivity index (χ1v) is 6.52. The molecule has 0 atom stereocenters. The van der Waals surface area contributed by atoms with E-state index >= 15 is 0 Å². The first-order valence-electron chi connectivity index (χ1n) is 4.93. The Balaban J connectivity index is 2.04. The summed E-state index contributed by atoms with van der Waals surface area (Å²) in [4.78, 5) is 4.01. The van der Waals surface area contributed by atoms with Crippen molar-refractivity contribution in [2.24, 2.45) is 0 Å². The summed E-state index contributed by atoms with van der Waals surface area (Å²) in [5.41, 5.74) is 6.49. The molecule has 1 aromatic carbocycles. The number of nitrogens with zero attached hydrogens (tertiary/aromatic N) is 1. The second kappa shape index (κ2) is 5.51. The predicted octanol–water partition coefficient (Wildman–Crippen LogP) is 3.77. The van der Waals surface area contributed by atoms with Crippen LogP contribution in [0.4, 0.5) is 5.82 Å². The van der Waals surface area contributed by atoms with Gasteiger partial charge in [0.25, 0.3) is 0 Å². The summed E-state index contributed by atoms with van der Waals surface area (Å²) in [5, 5.41) is 0. The Kier molecular flexibility index (Phi) is 4.02. The van der Waals surface area contributed by atoms with E-state index in [1.807, 2.05) is 24.3 Å². The van der Waals surface area contributed by atoms with Gasteiger partial charge in [-0.1, -0.05) is 22.0 Å². The summed E-state index contributed by atoms with van der Waals surface area (Å²) >= 11 is 6.83. The zero-order valence-corrected chi connectivity index (χ0v) is 12.0. The number of benzene rings is 1. The maximum Gasteiger partial charge on any atom is 0.134 e. The average molecular weight is 358 g/mol. The van der Waals surface area contributed by atoms with E-state index in [-0.39, 0.29) is 0 Å². The minimum absolute atomic E-state index is 0.466. The van der Waals surface area contributed by atoms with Crippen LogP contribution in [0, 0.1) is 0 Å². The average Bonchev–Trinajstić information content (AvgIpc) is 2.30. The zero-order valence-electron chi connectivity index (χ0n) is 8.86. The number of aromatic nitrogens is 1. The van der Waals surface area contributed by atoms with E-state index in [2.05, 4.69) is 36.8 Å². The summed E-state index contributed by atoms with van der Waals surface area (Å²) in [7, 11) is 0. The molecule has 2 N–H and O–H groups in total. The van der Waals surface area contributed by atoms with Gasteiger partial charge in [-0.25, -0.2) is 4.98 Å². The van der Waals surface area contributed by atoms with Crippen LogP contribution in [0.1, 0.15) is 5.56 Å². The van der Waals surface area contributed by atoms with Crippen LogP contribution >= 0.6 is 31.9 Å². The molecule has 0 spiro atoms. The van der Waals surface area contributed by atoms with Crippen molar-refractivity contribution in [3.8, 4) is 5.75 Å². The summed E-state index contributed by atoms with van der Waals surface area (Å²) in [6.07, 6.45) is 1.71. The summed E-state index contributed by atoms with van der Waals surface area (Å²) in [6.45, 7) is 0.466. The van der Waals surface area contributed by atoms with Crippen LogP contribution < -0.4 is 10.5 Å². The Morgan fingerprint density at radius 1 is 1.18 bits per heavy atom. The predicted molar refractivity (Wildman–Crippen MR) is 74.8 cm³/mol. The summed E-state index contributed by atoms with van der Waals surface area (Å²) in [5.74, 6) is 1.31. The molecular formula is C12H10Br2N2O. The maximum absolute atomic E-state index is 5.67. The molecule has 0 aliphatic carbocycles. The van der Waals surface area contributed by atoms with E-state index < -0.39 is 0 Å². The molecule has 2 rings (SSSR count). The summed E-state index contributed by atoms with van der Waals surface area (Å²) < 4.78 is 7.59. The van der Waals surface area contributed by atoms with Gasteiger partial charge in [-0.3, -0.25) is 0 Å². The van der Waals surface area contributed by atoms with E-state index in [1.54, 1.807) is 12.3 Å². The third-order valence-electron chi connectivity index (χ3n) is 2.14. The van der Waals surface area contributed by atoms with Crippen molar-refractivity contribution in [1.29, 1.82) is 0 Å². The highest BCUT2D eigenvalue weighted by Gasteiger charge is 2.02. The topological polar surface area (TPSA) is 48.1 Å². The summed E-state index contributed by atoms with van der Waals surface area (Å²) in [6, 6.07) is 9.43. The SMILES string of the molecule is Nc1ccc(COc2ccc(Br)cc2Br)cn1. The molecule has 0 fully saturated rings. The van der Waals surface area contributed by atoms with Crippen molar-refractivity contribution < 1.29 is 4.74 Å². The minimum atomic E-state index is 0.466. The molecule has 0 radical (unpaired) electrons. The lowest BCUT2D eigenvalue weighted by Gasteiger charge is -2.08. The van der Waals surface area contributed by atoms with Crippen molar-refractivity contribution in [1.82, 2.24) is 4.98 Å². The molecular weight excluding hydrogens is 348 g/mol. The molecule has 0 aliphatic heterocycles. The van der Waals surface area contributed by atoms with Gasteiger partial charge in [-0.15, -0.1) is 0 Å². The van der Waals surface area contributed by atoms with Gasteiger partial charge >= 0.3 is 0 Å². The van der Waals surface area contributed by atoms with E-state index in [4.69, 9.17) is 10.5 Å². The number of ether oxygens (including phenoxy) is 1. The molecule has 3 nitrogen and oxygen atoms in total. The van der Waals surface area contributed by atoms with Crippen molar-refractivity contribution in [2.45, 2.75) is 6.61 Å². The minimum Gasteiger partial charge on any atom is -0.488 e. The van der Waals surface area contributed by atoms with Crippen LogP contribution in [0.15, 0.2) is 45.5 Å². The molecule has 0 saturated carbocycles. The standard InChI is InChI=1S/C12H10Br2N2O/c13-9-2-3-11(10(14)5-9)17-7-8-1-4-12(15)16-6-8/h1-6H,7H2,(H2,15,16). The monoisotopic (exact) mass is 356 g/mol. The largest absolute Gasteiger partial charge is 0.488 e. The molecule has 1 heterocycles. The van der Waals surface area contributed by atoms with Gasteiger partial charge in [0.1, 0.15) is 18.2 Å². The molecule has 1 aromatic heterocycles. The number of halogens is 2. The van der Waals surface area contributed by atoms with Crippen molar-refractivity contribution >= 4 is 37.7 Å². The van der Waals surface area contributed by atoms with Crippen LogP contribution in [-0.4, -0.2) is 4.98 Å². The van der Waals surface area contributed by atoms with Gasteiger partial charge in [-0.2, -0.15) is 0 Å².